The third kappa shape index (κ3) is 6.03. The highest BCUT2D eigenvalue weighted by Gasteiger charge is 2.21. The van der Waals surface area contributed by atoms with Crippen molar-refractivity contribution in [3.8, 4) is 11.5 Å². The van der Waals surface area contributed by atoms with E-state index in [9.17, 15) is 0 Å². The zero-order valence-corrected chi connectivity index (χ0v) is 18.1. The highest BCUT2D eigenvalue weighted by Crippen LogP contribution is 2.31. The normalized spacial score (nSPS) is 14.3. The number of hydrogen-bond acceptors (Lipinski definition) is 4. The second-order valence-electron chi connectivity index (χ2n) is 7.60. The van der Waals surface area contributed by atoms with Gasteiger partial charge in [0.2, 0.25) is 0 Å². The third-order valence-corrected chi connectivity index (χ3v) is 5.29. The summed E-state index contributed by atoms with van der Waals surface area (Å²) in [7, 11) is 7.22. The monoisotopic (exact) mass is 402 g/mol. The molecule has 0 saturated heterocycles. The molecule has 0 radical (unpaired) electrons. The van der Waals surface area contributed by atoms with E-state index in [2.05, 4.69) is 26.3 Å². The molecule has 160 valence electrons. The Kier molecular flexibility index (Phi) is 7.63. The first kappa shape index (κ1) is 21.3. The molecular weight excluding hydrogens is 368 g/mol. The standard InChI is InChI=1S/C22H34N4O3/c1-23-22(26(2)10-11-29-15-16-7-8-16)24-9-5-6-17-12-19-20(25-17)13-18(27-3)14-21(19)28-4/h12-14,16,25H,5-11,15H2,1-4H3,(H,23,24). The van der Waals surface area contributed by atoms with Crippen LogP contribution in [0, 0.1) is 5.92 Å². The molecule has 0 aliphatic heterocycles. The van der Waals surface area contributed by atoms with Gasteiger partial charge in [-0.05, 0) is 37.7 Å². The Morgan fingerprint density at radius 1 is 1.24 bits per heavy atom. The van der Waals surface area contributed by atoms with E-state index in [-0.39, 0.29) is 0 Å². The predicted molar refractivity (Wildman–Crippen MR) is 117 cm³/mol. The highest BCUT2D eigenvalue weighted by atomic mass is 16.5. The number of fused-ring (bicyclic) bond motifs is 1. The van der Waals surface area contributed by atoms with E-state index >= 15 is 0 Å². The number of aromatic amines is 1. The van der Waals surface area contributed by atoms with Crippen molar-refractivity contribution in [3.05, 3.63) is 23.9 Å². The second kappa shape index (κ2) is 10.4. The van der Waals surface area contributed by atoms with E-state index in [1.165, 1.54) is 18.5 Å². The average molecular weight is 403 g/mol. The van der Waals surface area contributed by atoms with E-state index in [1.807, 2.05) is 26.2 Å². The van der Waals surface area contributed by atoms with E-state index in [0.717, 1.165) is 73.4 Å². The van der Waals surface area contributed by atoms with Gasteiger partial charge in [0.05, 0.1) is 26.3 Å². The first-order valence-electron chi connectivity index (χ1n) is 10.4. The molecular formula is C22H34N4O3. The maximum Gasteiger partial charge on any atom is 0.193 e. The molecule has 29 heavy (non-hydrogen) atoms. The summed E-state index contributed by atoms with van der Waals surface area (Å²) in [6.45, 7) is 3.35. The average Bonchev–Trinajstić information content (AvgIpc) is 3.47. The molecule has 7 nitrogen and oxygen atoms in total. The molecule has 7 heteroatoms. The first-order chi connectivity index (χ1) is 14.1. The highest BCUT2D eigenvalue weighted by molar-refractivity contribution is 5.88. The predicted octanol–water partition coefficient (Wildman–Crippen LogP) is 3.05. The minimum absolute atomic E-state index is 0.744. The molecule has 2 N–H and O–H groups in total. The number of likely N-dealkylation sites (N-methyl/N-ethyl adjacent to an activating group) is 1. The van der Waals surface area contributed by atoms with Crippen molar-refractivity contribution < 1.29 is 14.2 Å². The van der Waals surface area contributed by atoms with Crippen molar-refractivity contribution in [2.45, 2.75) is 25.7 Å². The van der Waals surface area contributed by atoms with Gasteiger partial charge in [0.15, 0.2) is 5.96 Å². The van der Waals surface area contributed by atoms with Crippen LogP contribution >= 0.6 is 0 Å². The molecule has 1 aliphatic rings. The zero-order chi connectivity index (χ0) is 20.6. The van der Waals surface area contributed by atoms with Gasteiger partial charge in [-0.3, -0.25) is 4.99 Å². The molecule has 3 rings (SSSR count). The minimum Gasteiger partial charge on any atom is -0.497 e. The van der Waals surface area contributed by atoms with E-state index in [1.54, 1.807) is 14.2 Å². The van der Waals surface area contributed by atoms with Crippen LogP contribution in [0.4, 0.5) is 0 Å². The van der Waals surface area contributed by atoms with Gasteiger partial charge >= 0.3 is 0 Å². The molecule has 0 amide bonds. The summed E-state index contributed by atoms with van der Waals surface area (Å²) in [5.74, 6) is 3.33. The molecule has 2 aromatic rings. The fourth-order valence-electron chi connectivity index (χ4n) is 3.36. The van der Waals surface area contributed by atoms with Gasteiger partial charge in [0.1, 0.15) is 11.5 Å². The molecule has 0 unspecified atom stereocenters. The Morgan fingerprint density at radius 3 is 2.76 bits per heavy atom. The Balaban J connectivity index is 1.43. The lowest BCUT2D eigenvalue weighted by Gasteiger charge is -2.22. The number of aliphatic imine (C=N–C) groups is 1. The van der Waals surface area contributed by atoms with Crippen LogP contribution in [0.2, 0.25) is 0 Å². The quantitative estimate of drug-likeness (QED) is 0.343. The number of hydrogen-bond donors (Lipinski definition) is 2. The van der Waals surface area contributed by atoms with Crippen molar-refractivity contribution in [3.63, 3.8) is 0 Å². The van der Waals surface area contributed by atoms with Gasteiger partial charge in [0, 0.05) is 57.0 Å². The summed E-state index contributed by atoms with van der Waals surface area (Å²) in [5.41, 5.74) is 2.22. The van der Waals surface area contributed by atoms with Crippen molar-refractivity contribution in [1.29, 1.82) is 0 Å². The van der Waals surface area contributed by atoms with E-state index in [0.29, 0.717) is 0 Å². The van der Waals surface area contributed by atoms with Crippen LogP contribution in [0.25, 0.3) is 10.9 Å². The fraction of sp³-hybridized carbons (Fsp3) is 0.591. The number of nitrogens with zero attached hydrogens (tertiary/aromatic N) is 2. The molecule has 1 aromatic heterocycles. The van der Waals surface area contributed by atoms with Crippen molar-refractivity contribution in [2.24, 2.45) is 10.9 Å². The molecule has 0 spiro atoms. The summed E-state index contributed by atoms with van der Waals surface area (Å²) in [4.78, 5) is 9.96. The Hall–Kier alpha value is -2.41. The molecule has 0 atom stereocenters. The summed E-state index contributed by atoms with van der Waals surface area (Å²) in [5, 5.41) is 4.52. The van der Waals surface area contributed by atoms with Gasteiger partial charge in [-0.1, -0.05) is 0 Å². The molecule has 1 saturated carbocycles. The minimum atomic E-state index is 0.744. The number of H-pyrrole nitrogens is 1. The van der Waals surface area contributed by atoms with Gasteiger partial charge in [0.25, 0.3) is 0 Å². The molecule has 1 heterocycles. The number of rotatable bonds is 11. The smallest absolute Gasteiger partial charge is 0.193 e. The largest absolute Gasteiger partial charge is 0.497 e. The van der Waals surface area contributed by atoms with Crippen LogP contribution < -0.4 is 14.8 Å². The molecule has 0 bridgehead atoms. The second-order valence-corrected chi connectivity index (χ2v) is 7.60. The number of ether oxygens (including phenoxy) is 3. The lowest BCUT2D eigenvalue weighted by molar-refractivity contribution is 0.115. The first-order valence-corrected chi connectivity index (χ1v) is 10.4. The lowest BCUT2D eigenvalue weighted by atomic mass is 10.2. The zero-order valence-electron chi connectivity index (χ0n) is 18.1. The Morgan fingerprint density at radius 2 is 2.07 bits per heavy atom. The van der Waals surface area contributed by atoms with Crippen LogP contribution in [-0.4, -0.2) is 70.5 Å². The van der Waals surface area contributed by atoms with Crippen LogP contribution in [0.5, 0.6) is 11.5 Å². The fourth-order valence-corrected chi connectivity index (χ4v) is 3.36. The van der Waals surface area contributed by atoms with Gasteiger partial charge in [-0.15, -0.1) is 0 Å². The van der Waals surface area contributed by atoms with Crippen LogP contribution in [0.15, 0.2) is 23.2 Å². The number of guanidine groups is 1. The van der Waals surface area contributed by atoms with Crippen LogP contribution in [0.3, 0.4) is 0 Å². The molecule has 1 fully saturated rings. The Bertz CT molecular complexity index is 814. The van der Waals surface area contributed by atoms with E-state index < -0.39 is 0 Å². The number of aromatic nitrogens is 1. The SMILES string of the molecule is CN=C(NCCCc1cc2c(OC)cc(OC)cc2[nH]1)N(C)CCOCC1CC1. The van der Waals surface area contributed by atoms with Crippen LogP contribution in [-0.2, 0) is 11.2 Å². The third-order valence-electron chi connectivity index (χ3n) is 5.29. The Labute approximate surface area is 173 Å². The van der Waals surface area contributed by atoms with Crippen molar-refractivity contribution >= 4 is 16.9 Å². The summed E-state index contributed by atoms with van der Waals surface area (Å²) in [6.07, 6.45) is 4.60. The lowest BCUT2D eigenvalue weighted by Crippen LogP contribution is -2.41. The van der Waals surface area contributed by atoms with Gasteiger partial charge < -0.3 is 29.4 Å². The number of benzene rings is 1. The van der Waals surface area contributed by atoms with Gasteiger partial charge in [-0.2, -0.15) is 0 Å². The van der Waals surface area contributed by atoms with Crippen molar-refractivity contribution in [2.75, 3.05) is 54.6 Å². The maximum absolute atomic E-state index is 5.72. The summed E-state index contributed by atoms with van der Waals surface area (Å²) >= 11 is 0. The van der Waals surface area contributed by atoms with Gasteiger partial charge in [-0.25, -0.2) is 0 Å². The molecule has 1 aliphatic carbocycles. The topological polar surface area (TPSA) is 71.1 Å². The summed E-state index contributed by atoms with van der Waals surface area (Å²) < 4.78 is 16.6. The number of aryl methyl sites for hydroxylation is 1. The van der Waals surface area contributed by atoms with Crippen LogP contribution in [0.1, 0.15) is 25.0 Å². The van der Waals surface area contributed by atoms with Crippen molar-refractivity contribution in [1.82, 2.24) is 15.2 Å². The number of methoxy groups -OCH3 is 2. The maximum atomic E-state index is 5.72. The molecule has 1 aromatic carbocycles. The van der Waals surface area contributed by atoms with E-state index in [4.69, 9.17) is 14.2 Å². The number of nitrogens with one attached hydrogen (secondary N) is 2. The summed E-state index contributed by atoms with van der Waals surface area (Å²) in [6, 6.07) is 6.07.